The number of nitrogens with zero attached hydrogens (tertiary/aromatic N) is 1. The van der Waals surface area contributed by atoms with Gasteiger partial charge in [0.15, 0.2) is 0 Å². The summed E-state index contributed by atoms with van der Waals surface area (Å²) in [6, 6.07) is 2.01. The van der Waals surface area contributed by atoms with E-state index in [1.807, 2.05) is 19.9 Å². The molecule has 0 bridgehead atoms. The van der Waals surface area contributed by atoms with Gasteiger partial charge in [-0.3, -0.25) is 4.98 Å². The van der Waals surface area contributed by atoms with E-state index in [0.29, 0.717) is 0 Å². The van der Waals surface area contributed by atoms with E-state index in [-0.39, 0.29) is 18.6 Å². The number of aryl methyl sites for hydroxylation is 1. The van der Waals surface area contributed by atoms with Gasteiger partial charge in [-0.25, -0.2) is 0 Å². The van der Waals surface area contributed by atoms with E-state index >= 15 is 0 Å². The van der Waals surface area contributed by atoms with Crippen molar-refractivity contribution < 1.29 is 23.3 Å². The fraction of sp³-hybridized carbons (Fsp3) is 0.417. The van der Waals surface area contributed by atoms with Crippen LogP contribution in [0.2, 0.25) is 0 Å². The van der Waals surface area contributed by atoms with Crippen LogP contribution in [0.15, 0.2) is 18.8 Å². The zero-order valence-corrected chi connectivity index (χ0v) is 11.0. The molecule has 0 unspecified atom stereocenters. The second kappa shape index (κ2) is 6.70. The van der Waals surface area contributed by atoms with Gasteiger partial charge in [-0.05, 0) is 37.5 Å². The molecule has 1 radical (unpaired) electrons. The first kappa shape index (κ1) is 14.3. The van der Waals surface area contributed by atoms with Crippen LogP contribution in [0, 0.1) is 6.92 Å². The Hall–Kier alpha value is -0.726. The second-order valence-electron chi connectivity index (χ2n) is 3.47. The molecule has 0 fully saturated rings. The molecule has 0 saturated carbocycles. The quantitative estimate of drug-likeness (QED) is 0.808. The molecule has 1 aromatic rings. The fourth-order valence-corrected chi connectivity index (χ4v) is 1.29. The van der Waals surface area contributed by atoms with Crippen LogP contribution in [-0.2, 0) is 18.6 Å². The SMILES string of the molecule is C=C(C)c1ncc(OCCC)cc1C.[V]. The summed E-state index contributed by atoms with van der Waals surface area (Å²) in [5.74, 6) is 0.842. The van der Waals surface area contributed by atoms with Gasteiger partial charge in [0, 0.05) is 18.6 Å². The zero-order valence-electron chi connectivity index (χ0n) is 9.58. The van der Waals surface area contributed by atoms with Crippen molar-refractivity contribution in [3.05, 3.63) is 30.1 Å². The van der Waals surface area contributed by atoms with Crippen molar-refractivity contribution >= 4 is 5.57 Å². The summed E-state index contributed by atoms with van der Waals surface area (Å²) in [5, 5.41) is 0. The Morgan fingerprint density at radius 1 is 1.53 bits per heavy atom. The van der Waals surface area contributed by atoms with E-state index in [1.165, 1.54) is 0 Å². The Bertz CT molecular complexity index is 336. The van der Waals surface area contributed by atoms with E-state index in [9.17, 15) is 0 Å². The Kier molecular flexibility index (Phi) is 6.38. The van der Waals surface area contributed by atoms with E-state index in [0.717, 1.165) is 35.6 Å². The predicted octanol–water partition coefficient (Wildman–Crippen LogP) is 3.21. The van der Waals surface area contributed by atoms with Crippen LogP contribution in [0.4, 0.5) is 0 Å². The number of hydrogen-bond donors (Lipinski definition) is 0. The summed E-state index contributed by atoms with van der Waals surface area (Å²) in [5.41, 5.74) is 3.07. The van der Waals surface area contributed by atoms with Gasteiger partial charge in [-0.2, -0.15) is 0 Å². The molecule has 0 saturated heterocycles. The molecule has 0 amide bonds. The molecule has 1 heterocycles. The molecule has 0 aliphatic heterocycles. The minimum absolute atomic E-state index is 0. The third-order valence-corrected chi connectivity index (χ3v) is 1.93. The number of hydrogen-bond acceptors (Lipinski definition) is 2. The van der Waals surface area contributed by atoms with Gasteiger partial charge >= 0.3 is 0 Å². The van der Waals surface area contributed by atoms with Crippen molar-refractivity contribution in [3.8, 4) is 5.75 Å². The Morgan fingerprint density at radius 2 is 2.20 bits per heavy atom. The molecule has 0 atom stereocenters. The maximum Gasteiger partial charge on any atom is 0.137 e. The summed E-state index contributed by atoms with van der Waals surface area (Å²) in [6.45, 7) is 10.7. The average Bonchev–Trinajstić information content (AvgIpc) is 2.14. The van der Waals surface area contributed by atoms with Gasteiger partial charge < -0.3 is 4.74 Å². The van der Waals surface area contributed by atoms with Crippen LogP contribution in [0.3, 0.4) is 0 Å². The molecule has 2 nitrogen and oxygen atoms in total. The number of pyridine rings is 1. The van der Waals surface area contributed by atoms with Gasteiger partial charge in [0.05, 0.1) is 18.5 Å². The van der Waals surface area contributed by atoms with Crippen molar-refractivity contribution in [2.75, 3.05) is 6.61 Å². The molecule has 0 aromatic carbocycles. The topological polar surface area (TPSA) is 22.1 Å². The maximum atomic E-state index is 5.48. The minimum Gasteiger partial charge on any atom is -0.492 e. The van der Waals surface area contributed by atoms with E-state index in [4.69, 9.17) is 4.74 Å². The van der Waals surface area contributed by atoms with Crippen LogP contribution < -0.4 is 4.74 Å². The fourth-order valence-electron chi connectivity index (χ4n) is 1.29. The van der Waals surface area contributed by atoms with Crippen molar-refractivity contribution in [1.82, 2.24) is 4.98 Å². The third-order valence-electron chi connectivity index (χ3n) is 1.93. The minimum atomic E-state index is 0. The first-order valence-electron chi connectivity index (χ1n) is 4.90. The van der Waals surface area contributed by atoms with Crippen LogP contribution in [0.1, 0.15) is 31.5 Å². The summed E-state index contributed by atoms with van der Waals surface area (Å²) in [7, 11) is 0. The van der Waals surface area contributed by atoms with Crippen molar-refractivity contribution in [1.29, 1.82) is 0 Å². The molecule has 15 heavy (non-hydrogen) atoms. The average molecular weight is 242 g/mol. The molecule has 0 aliphatic rings. The standard InChI is InChI=1S/C12H17NO.V/c1-5-6-14-11-7-10(4)12(9(2)3)13-8-11;/h7-8H,2,5-6H2,1,3-4H3;. The maximum absolute atomic E-state index is 5.48. The molecule has 3 heteroatoms. The van der Waals surface area contributed by atoms with Crippen LogP contribution in [-0.4, -0.2) is 11.6 Å². The molecular weight excluding hydrogens is 225 g/mol. The van der Waals surface area contributed by atoms with Crippen molar-refractivity contribution in [2.24, 2.45) is 0 Å². The molecule has 0 spiro atoms. The normalized spacial score (nSPS) is 9.27. The van der Waals surface area contributed by atoms with Gasteiger partial charge in [0.2, 0.25) is 0 Å². The zero-order chi connectivity index (χ0) is 10.6. The summed E-state index contributed by atoms with van der Waals surface area (Å²) in [6.07, 6.45) is 2.77. The predicted molar refractivity (Wildman–Crippen MR) is 59.5 cm³/mol. The first-order valence-corrected chi connectivity index (χ1v) is 4.90. The number of aromatic nitrogens is 1. The summed E-state index contributed by atoms with van der Waals surface area (Å²) in [4.78, 5) is 4.31. The van der Waals surface area contributed by atoms with Gasteiger partial charge in [0.25, 0.3) is 0 Å². The Balaban J connectivity index is 0.00000196. The molecule has 1 aromatic heterocycles. The molecule has 1 rings (SSSR count). The number of ether oxygens (including phenoxy) is 1. The van der Waals surface area contributed by atoms with E-state index in [2.05, 4.69) is 18.5 Å². The molecule has 81 valence electrons. The van der Waals surface area contributed by atoms with Gasteiger partial charge in [-0.1, -0.05) is 13.5 Å². The summed E-state index contributed by atoms with van der Waals surface area (Å²) < 4.78 is 5.48. The van der Waals surface area contributed by atoms with Crippen molar-refractivity contribution in [3.63, 3.8) is 0 Å². The van der Waals surface area contributed by atoms with Crippen LogP contribution in [0.25, 0.3) is 5.57 Å². The van der Waals surface area contributed by atoms with Gasteiger partial charge in [0.1, 0.15) is 5.75 Å². The Labute approximate surface area is 104 Å². The van der Waals surface area contributed by atoms with Crippen LogP contribution in [0.5, 0.6) is 5.75 Å². The smallest absolute Gasteiger partial charge is 0.137 e. The van der Waals surface area contributed by atoms with Crippen LogP contribution >= 0.6 is 0 Å². The monoisotopic (exact) mass is 242 g/mol. The van der Waals surface area contributed by atoms with Gasteiger partial charge in [-0.15, -0.1) is 0 Å². The van der Waals surface area contributed by atoms with E-state index < -0.39 is 0 Å². The molecular formula is C12H17NOV. The molecule has 0 aliphatic carbocycles. The third kappa shape index (κ3) is 4.10. The second-order valence-corrected chi connectivity index (χ2v) is 3.47. The summed E-state index contributed by atoms with van der Waals surface area (Å²) >= 11 is 0. The molecule has 0 N–H and O–H groups in total. The number of rotatable bonds is 4. The van der Waals surface area contributed by atoms with E-state index in [1.54, 1.807) is 6.20 Å². The number of allylic oxidation sites excluding steroid dienone is 1. The first-order chi connectivity index (χ1) is 6.65. The largest absolute Gasteiger partial charge is 0.492 e. The Morgan fingerprint density at radius 3 is 2.67 bits per heavy atom. The van der Waals surface area contributed by atoms with Crippen molar-refractivity contribution in [2.45, 2.75) is 27.2 Å².